The summed E-state index contributed by atoms with van der Waals surface area (Å²) in [4.78, 5) is 15.8. The van der Waals surface area contributed by atoms with Gasteiger partial charge >= 0.3 is 0 Å². The molecule has 4 nitrogen and oxygen atoms in total. The third-order valence-corrected chi connectivity index (χ3v) is 3.68. The third kappa shape index (κ3) is 2.05. The van der Waals surface area contributed by atoms with Crippen LogP contribution in [0.2, 0.25) is 0 Å². The first-order valence-corrected chi connectivity index (χ1v) is 6.53. The lowest BCUT2D eigenvalue weighted by molar-refractivity contribution is 0.104. The first kappa shape index (κ1) is 12.9. The number of nitrogen functional groups attached to an aromatic ring is 1. The highest BCUT2D eigenvalue weighted by atomic mass is 16.1. The van der Waals surface area contributed by atoms with Gasteiger partial charge < -0.3 is 10.7 Å². The zero-order valence-electron chi connectivity index (χ0n) is 11.5. The van der Waals surface area contributed by atoms with E-state index in [-0.39, 0.29) is 5.78 Å². The summed E-state index contributed by atoms with van der Waals surface area (Å²) < 4.78 is 0. The number of nitrogens with two attached hydrogens (primary N) is 1. The summed E-state index contributed by atoms with van der Waals surface area (Å²) in [5, 5.41) is 9.72. The Morgan fingerprint density at radius 1 is 1.24 bits per heavy atom. The Labute approximate surface area is 121 Å². The van der Waals surface area contributed by atoms with Crippen molar-refractivity contribution in [3.8, 4) is 6.07 Å². The standard InChI is InChI=1S/C17H13N3O/c1-10-12(3-2-4-15(10)19)17(21)14-9-20-16-7-11(8-18)5-6-13(14)16/h2-7,9,20H,19H2,1H3. The lowest BCUT2D eigenvalue weighted by atomic mass is 9.97. The molecular weight excluding hydrogens is 262 g/mol. The van der Waals surface area contributed by atoms with E-state index < -0.39 is 0 Å². The number of benzene rings is 2. The predicted octanol–water partition coefficient (Wildman–Crippen LogP) is 3.16. The van der Waals surface area contributed by atoms with E-state index in [9.17, 15) is 4.79 Å². The second-order valence-corrected chi connectivity index (χ2v) is 4.92. The Balaban J connectivity index is 2.15. The molecular formula is C17H13N3O. The zero-order chi connectivity index (χ0) is 15.0. The maximum absolute atomic E-state index is 12.7. The van der Waals surface area contributed by atoms with Crippen LogP contribution < -0.4 is 5.73 Å². The van der Waals surface area contributed by atoms with Crippen molar-refractivity contribution < 1.29 is 4.79 Å². The van der Waals surface area contributed by atoms with Gasteiger partial charge in [-0.2, -0.15) is 5.26 Å². The third-order valence-electron chi connectivity index (χ3n) is 3.68. The molecule has 0 unspecified atom stereocenters. The van der Waals surface area contributed by atoms with Gasteiger partial charge in [-0.15, -0.1) is 0 Å². The molecule has 0 amide bonds. The van der Waals surface area contributed by atoms with Gasteiger partial charge in [0.2, 0.25) is 0 Å². The Kier molecular flexibility index (Phi) is 2.96. The van der Waals surface area contributed by atoms with Crippen LogP contribution in [0.4, 0.5) is 5.69 Å². The number of ketones is 1. The van der Waals surface area contributed by atoms with E-state index in [1.807, 2.05) is 6.92 Å². The molecule has 0 atom stereocenters. The van der Waals surface area contributed by atoms with Crippen molar-refractivity contribution in [2.24, 2.45) is 0 Å². The van der Waals surface area contributed by atoms with E-state index in [4.69, 9.17) is 11.0 Å². The number of nitrogens with one attached hydrogen (secondary N) is 1. The molecule has 4 heteroatoms. The molecule has 2 aromatic carbocycles. The summed E-state index contributed by atoms with van der Waals surface area (Å²) >= 11 is 0. The maximum Gasteiger partial charge on any atom is 0.195 e. The van der Waals surface area contributed by atoms with E-state index in [0.717, 1.165) is 16.5 Å². The molecule has 0 bridgehead atoms. The van der Waals surface area contributed by atoms with Gasteiger partial charge in [0, 0.05) is 33.9 Å². The monoisotopic (exact) mass is 275 g/mol. The fourth-order valence-electron chi connectivity index (χ4n) is 2.43. The molecule has 1 aromatic heterocycles. The number of rotatable bonds is 2. The molecule has 0 aliphatic rings. The van der Waals surface area contributed by atoms with E-state index in [1.54, 1.807) is 42.6 Å². The van der Waals surface area contributed by atoms with Crippen molar-refractivity contribution in [3.05, 3.63) is 64.8 Å². The van der Waals surface area contributed by atoms with Crippen LogP contribution in [-0.4, -0.2) is 10.8 Å². The van der Waals surface area contributed by atoms with Crippen molar-refractivity contribution in [2.75, 3.05) is 5.73 Å². The molecule has 0 saturated carbocycles. The Morgan fingerprint density at radius 3 is 2.81 bits per heavy atom. The normalized spacial score (nSPS) is 10.5. The van der Waals surface area contributed by atoms with E-state index in [2.05, 4.69) is 11.1 Å². The summed E-state index contributed by atoms with van der Waals surface area (Å²) in [6, 6.07) is 12.6. The predicted molar refractivity (Wildman–Crippen MR) is 82.0 cm³/mol. The Hall–Kier alpha value is -3.06. The first-order valence-electron chi connectivity index (χ1n) is 6.53. The van der Waals surface area contributed by atoms with Gasteiger partial charge in [0.15, 0.2) is 5.78 Å². The van der Waals surface area contributed by atoms with Gasteiger partial charge in [-0.05, 0) is 30.7 Å². The molecule has 1 heterocycles. The second kappa shape index (κ2) is 4.80. The zero-order valence-corrected chi connectivity index (χ0v) is 11.5. The van der Waals surface area contributed by atoms with Crippen LogP contribution in [0.15, 0.2) is 42.6 Å². The SMILES string of the molecule is Cc1c(N)cccc1C(=O)c1c[nH]c2cc(C#N)ccc12. The van der Waals surface area contributed by atoms with Crippen LogP contribution in [0.3, 0.4) is 0 Å². The molecule has 102 valence electrons. The van der Waals surface area contributed by atoms with Gasteiger partial charge in [0.25, 0.3) is 0 Å². The minimum atomic E-state index is -0.0734. The van der Waals surface area contributed by atoms with Crippen LogP contribution in [0.1, 0.15) is 27.0 Å². The highest BCUT2D eigenvalue weighted by molar-refractivity contribution is 6.17. The fourth-order valence-corrected chi connectivity index (χ4v) is 2.43. The molecule has 0 aliphatic heterocycles. The van der Waals surface area contributed by atoms with Crippen LogP contribution in [0, 0.1) is 18.3 Å². The van der Waals surface area contributed by atoms with Gasteiger partial charge in [-0.3, -0.25) is 4.79 Å². The average molecular weight is 275 g/mol. The van der Waals surface area contributed by atoms with Crippen LogP contribution in [0.5, 0.6) is 0 Å². The number of carbonyl (C=O) groups is 1. The minimum absolute atomic E-state index is 0.0734. The van der Waals surface area contributed by atoms with E-state index >= 15 is 0 Å². The molecule has 3 rings (SSSR count). The maximum atomic E-state index is 12.7. The lowest BCUT2D eigenvalue weighted by Gasteiger charge is -2.06. The minimum Gasteiger partial charge on any atom is -0.398 e. The Bertz CT molecular complexity index is 900. The van der Waals surface area contributed by atoms with Gasteiger partial charge in [-0.1, -0.05) is 18.2 Å². The summed E-state index contributed by atoms with van der Waals surface area (Å²) in [6.45, 7) is 1.84. The average Bonchev–Trinajstić information content (AvgIpc) is 2.92. The lowest BCUT2D eigenvalue weighted by Crippen LogP contribution is -2.05. The summed E-state index contributed by atoms with van der Waals surface area (Å²) in [6.07, 6.45) is 1.68. The molecule has 0 spiro atoms. The number of aromatic nitrogens is 1. The second-order valence-electron chi connectivity index (χ2n) is 4.92. The largest absolute Gasteiger partial charge is 0.398 e. The molecule has 3 N–H and O–H groups in total. The van der Waals surface area contributed by atoms with Gasteiger partial charge in [-0.25, -0.2) is 0 Å². The number of nitriles is 1. The number of fused-ring (bicyclic) bond motifs is 1. The number of nitrogens with zero attached hydrogens (tertiary/aromatic N) is 1. The van der Waals surface area contributed by atoms with E-state index in [1.165, 1.54) is 0 Å². The highest BCUT2D eigenvalue weighted by Crippen LogP contribution is 2.25. The van der Waals surface area contributed by atoms with Crippen LogP contribution in [0.25, 0.3) is 10.9 Å². The molecule has 3 aromatic rings. The summed E-state index contributed by atoms with van der Waals surface area (Å²) in [5.74, 6) is -0.0734. The van der Waals surface area contributed by atoms with E-state index in [0.29, 0.717) is 22.4 Å². The molecule has 0 fully saturated rings. The van der Waals surface area contributed by atoms with Crippen molar-refractivity contribution in [3.63, 3.8) is 0 Å². The van der Waals surface area contributed by atoms with Crippen molar-refractivity contribution in [2.45, 2.75) is 6.92 Å². The quantitative estimate of drug-likeness (QED) is 0.556. The van der Waals surface area contributed by atoms with Gasteiger partial charge in [0.1, 0.15) is 0 Å². The number of aromatic amines is 1. The molecule has 21 heavy (non-hydrogen) atoms. The van der Waals surface area contributed by atoms with Crippen molar-refractivity contribution in [1.29, 1.82) is 5.26 Å². The summed E-state index contributed by atoms with van der Waals surface area (Å²) in [5.41, 5.74) is 9.77. The topological polar surface area (TPSA) is 82.7 Å². The number of carbonyl (C=O) groups excluding carboxylic acids is 1. The number of anilines is 1. The first-order chi connectivity index (χ1) is 10.1. The van der Waals surface area contributed by atoms with Gasteiger partial charge in [0.05, 0.1) is 11.6 Å². The number of hydrogen-bond donors (Lipinski definition) is 2. The number of H-pyrrole nitrogens is 1. The van der Waals surface area contributed by atoms with Crippen molar-refractivity contribution in [1.82, 2.24) is 4.98 Å². The fraction of sp³-hybridized carbons (Fsp3) is 0.0588. The van der Waals surface area contributed by atoms with Crippen LogP contribution in [-0.2, 0) is 0 Å². The molecule has 0 saturated heterocycles. The molecule has 0 radical (unpaired) electrons. The molecule has 0 aliphatic carbocycles. The van der Waals surface area contributed by atoms with Crippen LogP contribution >= 0.6 is 0 Å². The highest BCUT2D eigenvalue weighted by Gasteiger charge is 2.17. The number of hydrogen-bond acceptors (Lipinski definition) is 3. The summed E-state index contributed by atoms with van der Waals surface area (Å²) in [7, 11) is 0. The van der Waals surface area contributed by atoms with Crippen molar-refractivity contribution >= 4 is 22.4 Å². The smallest absolute Gasteiger partial charge is 0.195 e. The Morgan fingerprint density at radius 2 is 2.05 bits per heavy atom.